The normalized spacial score (nSPS) is 19.9. The minimum atomic E-state index is 0.115. The Labute approximate surface area is 113 Å². The van der Waals surface area contributed by atoms with Crippen molar-refractivity contribution in [2.75, 3.05) is 26.9 Å². The summed E-state index contributed by atoms with van der Waals surface area (Å²) in [7, 11) is 1.72. The van der Waals surface area contributed by atoms with Gasteiger partial charge in [-0.25, -0.2) is 0 Å². The average molecular weight is 263 g/mol. The summed E-state index contributed by atoms with van der Waals surface area (Å²) >= 11 is 0. The van der Waals surface area contributed by atoms with Crippen LogP contribution >= 0.6 is 0 Å². The van der Waals surface area contributed by atoms with Crippen LogP contribution in [0.5, 0.6) is 11.5 Å². The zero-order valence-corrected chi connectivity index (χ0v) is 11.4. The summed E-state index contributed by atoms with van der Waals surface area (Å²) in [6.07, 6.45) is 3.55. The van der Waals surface area contributed by atoms with Gasteiger partial charge in [-0.3, -0.25) is 0 Å². The fourth-order valence-corrected chi connectivity index (χ4v) is 3.09. The first kappa shape index (κ1) is 12.8. The fourth-order valence-electron chi connectivity index (χ4n) is 3.09. The third kappa shape index (κ3) is 2.09. The minimum absolute atomic E-state index is 0.115. The molecule has 0 bridgehead atoms. The predicted octanol–water partition coefficient (Wildman–Crippen LogP) is 1.98. The van der Waals surface area contributed by atoms with Crippen LogP contribution in [-0.4, -0.2) is 26.9 Å². The summed E-state index contributed by atoms with van der Waals surface area (Å²) in [6, 6.07) is 4.18. The predicted molar refractivity (Wildman–Crippen MR) is 72.7 cm³/mol. The molecule has 1 aliphatic carbocycles. The molecule has 0 unspecified atom stereocenters. The van der Waals surface area contributed by atoms with E-state index in [0.717, 1.165) is 24.3 Å². The van der Waals surface area contributed by atoms with Gasteiger partial charge in [-0.05, 0) is 36.1 Å². The average Bonchev–Trinajstić information content (AvgIpc) is 2.39. The van der Waals surface area contributed by atoms with Crippen LogP contribution in [0.4, 0.5) is 0 Å². The topological polar surface area (TPSA) is 53.7 Å². The van der Waals surface area contributed by atoms with E-state index < -0.39 is 0 Å². The Kier molecular flexibility index (Phi) is 3.37. The van der Waals surface area contributed by atoms with Crippen molar-refractivity contribution < 1.29 is 14.2 Å². The van der Waals surface area contributed by atoms with Gasteiger partial charge in [0.05, 0.1) is 6.61 Å². The Balaban J connectivity index is 2.05. The SMILES string of the molecule is COCc1cc2c(cc1C1(CN)CCC1)OCCO2. The molecule has 3 rings (SSSR count). The van der Waals surface area contributed by atoms with Gasteiger partial charge in [0.1, 0.15) is 13.2 Å². The molecule has 104 valence electrons. The van der Waals surface area contributed by atoms with E-state index in [9.17, 15) is 0 Å². The van der Waals surface area contributed by atoms with Crippen LogP contribution in [0.3, 0.4) is 0 Å². The molecule has 1 aliphatic heterocycles. The van der Waals surface area contributed by atoms with Gasteiger partial charge in [0, 0.05) is 19.1 Å². The van der Waals surface area contributed by atoms with Gasteiger partial charge in [0.2, 0.25) is 0 Å². The van der Waals surface area contributed by atoms with E-state index in [0.29, 0.717) is 26.4 Å². The molecule has 2 aliphatic rings. The van der Waals surface area contributed by atoms with Crippen LogP contribution in [0.25, 0.3) is 0 Å². The number of rotatable bonds is 4. The molecule has 0 atom stereocenters. The smallest absolute Gasteiger partial charge is 0.161 e. The lowest BCUT2D eigenvalue weighted by molar-refractivity contribution is 0.162. The van der Waals surface area contributed by atoms with Gasteiger partial charge >= 0.3 is 0 Å². The molecular formula is C15H21NO3. The Bertz CT molecular complexity index is 463. The summed E-state index contributed by atoms with van der Waals surface area (Å²) in [5.74, 6) is 1.68. The van der Waals surface area contributed by atoms with Crippen molar-refractivity contribution in [2.24, 2.45) is 5.73 Å². The molecule has 1 saturated carbocycles. The highest BCUT2D eigenvalue weighted by Gasteiger charge is 2.39. The fraction of sp³-hybridized carbons (Fsp3) is 0.600. The Hall–Kier alpha value is -1.26. The molecule has 1 aromatic carbocycles. The molecule has 1 heterocycles. The Morgan fingerprint density at radius 2 is 1.89 bits per heavy atom. The van der Waals surface area contributed by atoms with Gasteiger partial charge in [0.25, 0.3) is 0 Å². The van der Waals surface area contributed by atoms with Crippen molar-refractivity contribution in [1.82, 2.24) is 0 Å². The monoisotopic (exact) mass is 263 g/mol. The quantitative estimate of drug-likeness (QED) is 0.902. The standard InChI is InChI=1S/C15H21NO3/c1-17-9-11-7-13-14(19-6-5-18-13)8-12(11)15(10-16)3-2-4-15/h7-8H,2-6,9-10,16H2,1H3. The van der Waals surface area contributed by atoms with Crippen molar-refractivity contribution in [3.05, 3.63) is 23.3 Å². The van der Waals surface area contributed by atoms with Crippen molar-refractivity contribution in [3.63, 3.8) is 0 Å². The maximum Gasteiger partial charge on any atom is 0.161 e. The Morgan fingerprint density at radius 3 is 2.42 bits per heavy atom. The first-order chi connectivity index (χ1) is 9.29. The number of hydrogen-bond donors (Lipinski definition) is 1. The van der Waals surface area contributed by atoms with Gasteiger partial charge in [-0.15, -0.1) is 0 Å². The number of benzene rings is 1. The van der Waals surface area contributed by atoms with Crippen molar-refractivity contribution in [3.8, 4) is 11.5 Å². The van der Waals surface area contributed by atoms with Crippen molar-refractivity contribution in [2.45, 2.75) is 31.3 Å². The lowest BCUT2D eigenvalue weighted by atomic mass is 9.63. The molecule has 4 heteroatoms. The summed E-state index contributed by atoms with van der Waals surface area (Å²) in [5, 5.41) is 0. The van der Waals surface area contributed by atoms with Gasteiger partial charge in [0.15, 0.2) is 11.5 Å². The second-order valence-electron chi connectivity index (χ2n) is 5.42. The van der Waals surface area contributed by atoms with Crippen LogP contribution in [-0.2, 0) is 16.8 Å². The second-order valence-corrected chi connectivity index (χ2v) is 5.42. The molecule has 1 aromatic rings. The Morgan fingerprint density at radius 1 is 1.21 bits per heavy atom. The molecule has 19 heavy (non-hydrogen) atoms. The molecule has 0 amide bonds. The van der Waals surface area contributed by atoms with Crippen LogP contribution < -0.4 is 15.2 Å². The molecule has 2 N–H and O–H groups in total. The number of fused-ring (bicyclic) bond motifs is 1. The van der Waals surface area contributed by atoms with Crippen LogP contribution in [0.1, 0.15) is 30.4 Å². The molecule has 0 saturated heterocycles. The second kappa shape index (κ2) is 5.02. The van der Waals surface area contributed by atoms with Crippen LogP contribution in [0.15, 0.2) is 12.1 Å². The summed E-state index contributed by atoms with van der Waals surface area (Å²) in [5.41, 5.74) is 8.61. The third-order valence-corrected chi connectivity index (χ3v) is 4.34. The molecular weight excluding hydrogens is 242 g/mol. The summed E-state index contributed by atoms with van der Waals surface area (Å²) in [4.78, 5) is 0. The van der Waals surface area contributed by atoms with Gasteiger partial charge in [-0.2, -0.15) is 0 Å². The highest BCUT2D eigenvalue weighted by molar-refractivity contribution is 5.51. The van der Waals surface area contributed by atoms with Gasteiger partial charge in [-0.1, -0.05) is 6.42 Å². The third-order valence-electron chi connectivity index (χ3n) is 4.34. The van der Waals surface area contributed by atoms with Crippen LogP contribution in [0, 0.1) is 0 Å². The minimum Gasteiger partial charge on any atom is -0.486 e. The van der Waals surface area contributed by atoms with Crippen LogP contribution in [0.2, 0.25) is 0 Å². The molecule has 4 nitrogen and oxygen atoms in total. The van der Waals surface area contributed by atoms with Gasteiger partial charge < -0.3 is 19.9 Å². The number of methoxy groups -OCH3 is 1. The van der Waals surface area contributed by atoms with E-state index in [1.807, 2.05) is 0 Å². The zero-order chi connectivity index (χ0) is 13.3. The molecule has 0 aromatic heterocycles. The maximum atomic E-state index is 6.03. The number of nitrogens with two attached hydrogens (primary N) is 1. The van der Waals surface area contributed by atoms with E-state index in [4.69, 9.17) is 19.9 Å². The van der Waals surface area contributed by atoms with E-state index in [1.54, 1.807) is 7.11 Å². The van der Waals surface area contributed by atoms with Crippen molar-refractivity contribution >= 4 is 0 Å². The first-order valence-electron chi connectivity index (χ1n) is 6.91. The summed E-state index contributed by atoms with van der Waals surface area (Å²) in [6.45, 7) is 2.50. The highest BCUT2D eigenvalue weighted by Crippen LogP contribution is 2.47. The molecule has 0 radical (unpaired) electrons. The molecule has 1 fully saturated rings. The maximum absolute atomic E-state index is 6.03. The lowest BCUT2D eigenvalue weighted by Crippen LogP contribution is -2.42. The number of hydrogen-bond acceptors (Lipinski definition) is 4. The summed E-state index contributed by atoms with van der Waals surface area (Å²) < 4.78 is 16.7. The van der Waals surface area contributed by atoms with E-state index in [1.165, 1.54) is 17.5 Å². The lowest BCUT2D eigenvalue weighted by Gasteiger charge is -2.43. The highest BCUT2D eigenvalue weighted by atomic mass is 16.6. The van der Waals surface area contributed by atoms with Crippen molar-refractivity contribution in [1.29, 1.82) is 0 Å². The van der Waals surface area contributed by atoms with E-state index in [2.05, 4.69) is 12.1 Å². The van der Waals surface area contributed by atoms with E-state index >= 15 is 0 Å². The largest absolute Gasteiger partial charge is 0.486 e. The number of ether oxygens (including phenoxy) is 3. The van der Waals surface area contributed by atoms with E-state index in [-0.39, 0.29) is 5.41 Å². The first-order valence-corrected chi connectivity index (χ1v) is 6.91. The molecule has 0 spiro atoms. The zero-order valence-electron chi connectivity index (χ0n) is 11.4.